The molecule has 1 aromatic carbocycles. The third-order valence-corrected chi connectivity index (χ3v) is 3.96. The van der Waals surface area contributed by atoms with Crippen LogP contribution < -0.4 is 4.90 Å². The maximum atomic E-state index is 3.90. The first-order valence-electron chi connectivity index (χ1n) is 7.00. The normalized spacial score (nSPS) is 17.4. The monoisotopic (exact) mass is 245 g/mol. The Bertz CT molecular complexity index is 348. The van der Waals surface area contributed by atoms with Gasteiger partial charge in [-0.05, 0) is 57.5 Å². The molecular weight excluding hydrogens is 220 g/mol. The molecule has 0 bridgehead atoms. The third kappa shape index (κ3) is 3.26. The number of hydrogen-bond donors (Lipinski definition) is 0. The lowest BCUT2D eigenvalue weighted by Crippen LogP contribution is -2.41. The molecule has 0 saturated carbocycles. The van der Waals surface area contributed by atoms with E-state index < -0.39 is 0 Å². The molecule has 1 heterocycles. The predicted molar refractivity (Wildman–Crippen MR) is 79.0 cm³/mol. The van der Waals surface area contributed by atoms with Crippen LogP contribution in [0.3, 0.4) is 0 Å². The number of rotatable bonds is 4. The second kappa shape index (κ2) is 6.24. The molecule has 0 unspecified atom stereocenters. The van der Waals surface area contributed by atoms with E-state index in [1.807, 2.05) is 0 Å². The van der Waals surface area contributed by atoms with E-state index in [2.05, 4.69) is 55.1 Å². The van der Waals surface area contributed by atoms with Crippen molar-refractivity contribution in [1.82, 2.24) is 4.90 Å². The Kier molecular flexibility index (Phi) is 4.65. The third-order valence-electron chi connectivity index (χ3n) is 3.96. The minimum absolute atomic E-state index is 0.756. The van der Waals surface area contributed by atoms with Crippen molar-refractivity contribution in [2.24, 2.45) is 0 Å². The zero-order chi connectivity index (χ0) is 13.0. The fourth-order valence-corrected chi connectivity index (χ4v) is 2.72. The standard InChI is InChI=1S/C16H25N2/c1-4-5-14-6-8-16(9-7-14)18-12-10-15(11-13-18)17(2)3/h6-9,15H,1,4-5,10-13H2,2-3H3. The highest BCUT2D eigenvalue weighted by Gasteiger charge is 2.20. The van der Waals surface area contributed by atoms with Gasteiger partial charge in [-0.25, -0.2) is 0 Å². The molecule has 1 fully saturated rings. The second-order valence-corrected chi connectivity index (χ2v) is 5.45. The molecule has 99 valence electrons. The van der Waals surface area contributed by atoms with Crippen LogP contribution in [0.5, 0.6) is 0 Å². The van der Waals surface area contributed by atoms with Crippen molar-refractivity contribution in [3.8, 4) is 0 Å². The highest BCUT2D eigenvalue weighted by Crippen LogP contribution is 2.22. The minimum Gasteiger partial charge on any atom is -0.371 e. The summed E-state index contributed by atoms with van der Waals surface area (Å²) in [5, 5.41) is 0. The number of nitrogens with zero attached hydrogens (tertiary/aromatic N) is 2. The fourth-order valence-electron chi connectivity index (χ4n) is 2.72. The number of piperidine rings is 1. The Morgan fingerprint density at radius 2 is 1.78 bits per heavy atom. The van der Waals surface area contributed by atoms with E-state index >= 15 is 0 Å². The summed E-state index contributed by atoms with van der Waals surface area (Å²) < 4.78 is 0. The van der Waals surface area contributed by atoms with Crippen LogP contribution in [-0.2, 0) is 6.42 Å². The topological polar surface area (TPSA) is 6.48 Å². The van der Waals surface area contributed by atoms with E-state index in [1.54, 1.807) is 0 Å². The van der Waals surface area contributed by atoms with Crippen LogP contribution >= 0.6 is 0 Å². The van der Waals surface area contributed by atoms with Crippen molar-refractivity contribution >= 4 is 5.69 Å². The molecule has 0 aliphatic carbocycles. The number of aryl methyl sites for hydroxylation is 1. The molecule has 1 radical (unpaired) electrons. The molecule has 1 saturated heterocycles. The highest BCUT2D eigenvalue weighted by atomic mass is 15.2. The predicted octanol–water partition coefficient (Wildman–Crippen LogP) is 2.98. The first-order valence-corrected chi connectivity index (χ1v) is 7.00. The summed E-state index contributed by atoms with van der Waals surface area (Å²) in [4.78, 5) is 4.86. The van der Waals surface area contributed by atoms with Gasteiger partial charge in [0, 0.05) is 24.8 Å². The molecule has 0 aromatic heterocycles. The zero-order valence-electron chi connectivity index (χ0n) is 11.7. The largest absolute Gasteiger partial charge is 0.371 e. The van der Waals surface area contributed by atoms with E-state index in [9.17, 15) is 0 Å². The Hall–Kier alpha value is -1.02. The van der Waals surface area contributed by atoms with Crippen molar-refractivity contribution in [1.29, 1.82) is 0 Å². The van der Waals surface area contributed by atoms with Gasteiger partial charge in [-0.1, -0.05) is 19.1 Å². The quantitative estimate of drug-likeness (QED) is 0.804. The van der Waals surface area contributed by atoms with Gasteiger partial charge in [-0.3, -0.25) is 0 Å². The van der Waals surface area contributed by atoms with Gasteiger partial charge in [0.25, 0.3) is 0 Å². The fraction of sp³-hybridized carbons (Fsp3) is 0.562. The molecule has 18 heavy (non-hydrogen) atoms. The summed E-state index contributed by atoms with van der Waals surface area (Å²) in [7, 11) is 4.38. The molecule has 0 atom stereocenters. The van der Waals surface area contributed by atoms with E-state index in [4.69, 9.17) is 0 Å². The van der Waals surface area contributed by atoms with Crippen LogP contribution in [0.1, 0.15) is 24.8 Å². The SMILES string of the molecule is [CH2]CCc1ccc(N2CCC(N(C)C)CC2)cc1. The van der Waals surface area contributed by atoms with Gasteiger partial charge in [-0.15, -0.1) is 0 Å². The summed E-state index contributed by atoms with van der Waals surface area (Å²) in [6.45, 7) is 6.26. The van der Waals surface area contributed by atoms with Crippen LogP contribution in [0.15, 0.2) is 24.3 Å². The van der Waals surface area contributed by atoms with Crippen molar-refractivity contribution in [2.75, 3.05) is 32.1 Å². The average molecular weight is 245 g/mol. The van der Waals surface area contributed by atoms with Crippen LogP contribution in [0.4, 0.5) is 5.69 Å². The van der Waals surface area contributed by atoms with Crippen molar-refractivity contribution in [2.45, 2.75) is 31.7 Å². The lowest BCUT2D eigenvalue weighted by Gasteiger charge is -2.36. The van der Waals surface area contributed by atoms with Gasteiger partial charge in [0.1, 0.15) is 0 Å². The van der Waals surface area contributed by atoms with Gasteiger partial charge in [-0.2, -0.15) is 0 Å². The van der Waals surface area contributed by atoms with Gasteiger partial charge in [0.2, 0.25) is 0 Å². The Balaban J connectivity index is 1.93. The van der Waals surface area contributed by atoms with Crippen LogP contribution in [0.25, 0.3) is 0 Å². The molecule has 1 aliphatic heterocycles. The molecule has 1 aliphatic rings. The molecule has 2 nitrogen and oxygen atoms in total. The maximum absolute atomic E-state index is 3.90. The minimum atomic E-state index is 0.756. The van der Waals surface area contributed by atoms with E-state index in [0.717, 1.165) is 18.9 Å². The average Bonchev–Trinajstić information content (AvgIpc) is 2.40. The highest BCUT2D eigenvalue weighted by molar-refractivity contribution is 5.48. The lowest BCUT2D eigenvalue weighted by molar-refractivity contribution is 0.249. The first kappa shape index (κ1) is 13.4. The van der Waals surface area contributed by atoms with E-state index in [-0.39, 0.29) is 0 Å². The summed E-state index contributed by atoms with van der Waals surface area (Å²) in [5.74, 6) is 0. The van der Waals surface area contributed by atoms with Crippen LogP contribution in [-0.4, -0.2) is 38.1 Å². The molecule has 2 heteroatoms. The zero-order valence-corrected chi connectivity index (χ0v) is 11.7. The molecule has 1 aromatic rings. The summed E-state index contributed by atoms with van der Waals surface area (Å²) >= 11 is 0. The van der Waals surface area contributed by atoms with Crippen LogP contribution in [0, 0.1) is 6.92 Å². The van der Waals surface area contributed by atoms with Crippen LogP contribution in [0.2, 0.25) is 0 Å². The molecule has 0 spiro atoms. The van der Waals surface area contributed by atoms with E-state index in [0.29, 0.717) is 0 Å². The molecular formula is C16H25N2. The van der Waals surface area contributed by atoms with Crippen molar-refractivity contribution < 1.29 is 0 Å². The second-order valence-electron chi connectivity index (χ2n) is 5.45. The van der Waals surface area contributed by atoms with Gasteiger partial charge >= 0.3 is 0 Å². The molecule has 0 N–H and O–H groups in total. The first-order chi connectivity index (χ1) is 8.70. The summed E-state index contributed by atoms with van der Waals surface area (Å²) in [6, 6.07) is 9.78. The number of benzene rings is 1. The summed E-state index contributed by atoms with van der Waals surface area (Å²) in [5.41, 5.74) is 2.77. The Morgan fingerprint density at radius 1 is 1.17 bits per heavy atom. The molecule has 0 amide bonds. The lowest BCUT2D eigenvalue weighted by atomic mass is 10.0. The van der Waals surface area contributed by atoms with Crippen molar-refractivity contribution in [3.63, 3.8) is 0 Å². The van der Waals surface area contributed by atoms with Crippen molar-refractivity contribution in [3.05, 3.63) is 36.8 Å². The Labute approximate surface area is 112 Å². The summed E-state index contributed by atoms with van der Waals surface area (Å²) in [6.07, 6.45) is 4.61. The van der Waals surface area contributed by atoms with Gasteiger partial charge in [0.15, 0.2) is 0 Å². The molecule has 2 rings (SSSR count). The van der Waals surface area contributed by atoms with Gasteiger partial charge < -0.3 is 9.80 Å². The van der Waals surface area contributed by atoms with Gasteiger partial charge in [0.05, 0.1) is 0 Å². The maximum Gasteiger partial charge on any atom is 0.0366 e. The Morgan fingerprint density at radius 3 is 2.28 bits per heavy atom. The number of anilines is 1. The number of hydrogen-bond acceptors (Lipinski definition) is 2. The smallest absolute Gasteiger partial charge is 0.0366 e. The van der Waals surface area contributed by atoms with E-state index in [1.165, 1.54) is 37.2 Å².